The third kappa shape index (κ3) is 2.14. The zero-order valence-corrected chi connectivity index (χ0v) is 10.8. The van der Waals surface area contributed by atoms with Crippen LogP contribution in [0.15, 0.2) is 11.6 Å². The summed E-state index contributed by atoms with van der Waals surface area (Å²) in [4.78, 5) is 0. The molecule has 2 bridgehead atoms. The zero-order valence-electron chi connectivity index (χ0n) is 10.8. The normalized spacial score (nSPS) is 43.7. The summed E-state index contributed by atoms with van der Waals surface area (Å²) in [5.41, 5.74) is 2.13. The Morgan fingerprint density at radius 3 is 2.60 bits per heavy atom. The first-order valence-electron chi connectivity index (χ1n) is 6.70. The highest BCUT2D eigenvalue weighted by Gasteiger charge is 2.34. The lowest BCUT2D eigenvalue weighted by Crippen LogP contribution is -2.30. The quantitative estimate of drug-likeness (QED) is 0.499. The molecule has 0 amide bonds. The van der Waals surface area contributed by atoms with Crippen molar-refractivity contribution in [2.24, 2.45) is 23.2 Å². The molecule has 0 unspecified atom stereocenters. The first kappa shape index (κ1) is 11.2. The van der Waals surface area contributed by atoms with E-state index in [9.17, 15) is 0 Å². The second-order valence-corrected chi connectivity index (χ2v) is 6.50. The fourth-order valence-corrected chi connectivity index (χ4v) is 3.91. The van der Waals surface area contributed by atoms with E-state index in [0.717, 1.165) is 17.8 Å². The van der Waals surface area contributed by atoms with Crippen LogP contribution in [-0.4, -0.2) is 0 Å². The minimum absolute atomic E-state index is 0.447. The molecule has 3 aliphatic carbocycles. The summed E-state index contributed by atoms with van der Waals surface area (Å²) in [6, 6.07) is 0. The molecule has 3 rings (SSSR count). The van der Waals surface area contributed by atoms with E-state index in [-0.39, 0.29) is 0 Å². The predicted molar refractivity (Wildman–Crippen MR) is 66.8 cm³/mol. The first-order valence-corrected chi connectivity index (χ1v) is 6.70. The van der Waals surface area contributed by atoms with Crippen LogP contribution in [0.5, 0.6) is 0 Å². The molecule has 0 saturated heterocycles. The van der Waals surface area contributed by atoms with Crippen molar-refractivity contribution in [2.45, 2.75) is 59.8 Å². The highest BCUT2D eigenvalue weighted by Crippen LogP contribution is 2.46. The minimum atomic E-state index is 0.447. The smallest absolute Gasteiger partial charge is 0.0144 e. The van der Waals surface area contributed by atoms with E-state index in [1.165, 1.54) is 32.1 Å². The maximum atomic E-state index is 2.59. The van der Waals surface area contributed by atoms with Crippen LogP contribution in [0.4, 0.5) is 0 Å². The topological polar surface area (TPSA) is 0 Å². The average molecular weight is 206 g/mol. The number of fused-ring (bicyclic) bond motifs is 5. The number of hydrogen-bond donors (Lipinski definition) is 0. The summed E-state index contributed by atoms with van der Waals surface area (Å²) >= 11 is 0. The molecule has 0 aromatic heterocycles. The molecule has 0 aliphatic heterocycles. The Kier molecular flexibility index (Phi) is 2.96. The van der Waals surface area contributed by atoms with Crippen LogP contribution in [0.25, 0.3) is 0 Å². The van der Waals surface area contributed by atoms with Gasteiger partial charge in [0.1, 0.15) is 0 Å². The fourth-order valence-electron chi connectivity index (χ4n) is 3.91. The molecular weight excluding hydrogens is 180 g/mol. The fraction of sp³-hybridized carbons (Fsp3) is 0.867. The summed E-state index contributed by atoms with van der Waals surface area (Å²) in [7, 11) is 0. The molecule has 0 radical (unpaired) electrons. The second kappa shape index (κ2) is 3.96. The van der Waals surface area contributed by atoms with Gasteiger partial charge < -0.3 is 0 Å². The Balaban J connectivity index is 2.37. The Labute approximate surface area is 95.1 Å². The maximum absolute atomic E-state index is 2.59. The van der Waals surface area contributed by atoms with Crippen LogP contribution in [-0.2, 0) is 0 Å². The standard InChI is InChI=1S/C15H26/c1-11-8-9-13-6-5-7-14(11)12(2)10-15(13,3)4/h10-11,13-14H,5-9H2,1-4H3/b12-10-/t11-,13+,14-/m1/s1. The molecule has 86 valence electrons. The van der Waals surface area contributed by atoms with Gasteiger partial charge in [-0.3, -0.25) is 0 Å². The van der Waals surface area contributed by atoms with Crippen LogP contribution in [0.2, 0.25) is 0 Å². The summed E-state index contributed by atoms with van der Waals surface area (Å²) in [5.74, 6) is 2.72. The predicted octanol–water partition coefficient (Wildman–Crippen LogP) is 4.81. The van der Waals surface area contributed by atoms with E-state index in [0.29, 0.717) is 5.41 Å². The van der Waals surface area contributed by atoms with Crippen molar-refractivity contribution >= 4 is 0 Å². The molecule has 15 heavy (non-hydrogen) atoms. The van der Waals surface area contributed by atoms with Crippen molar-refractivity contribution < 1.29 is 0 Å². The third-order valence-electron chi connectivity index (χ3n) is 4.96. The van der Waals surface area contributed by atoms with Crippen molar-refractivity contribution in [3.63, 3.8) is 0 Å². The third-order valence-corrected chi connectivity index (χ3v) is 4.96. The van der Waals surface area contributed by atoms with Gasteiger partial charge in [-0.1, -0.05) is 38.8 Å². The van der Waals surface area contributed by atoms with Crippen molar-refractivity contribution in [3.05, 3.63) is 11.6 Å². The van der Waals surface area contributed by atoms with Gasteiger partial charge in [-0.15, -0.1) is 0 Å². The molecule has 3 aliphatic rings. The molecule has 0 nitrogen and oxygen atoms in total. The van der Waals surface area contributed by atoms with E-state index >= 15 is 0 Å². The zero-order chi connectivity index (χ0) is 11.1. The van der Waals surface area contributed by atoms with E-state index in [1.54, 1.807) is 5.57 Å². The number of hydrogen-bond acceptors (Lipinski definition) is 0. The molecule has 0 aromatic rings. The summed E-state index contributed by atoms with van der Waals surface area (Å²) in [5, 5.41) is 0. The van der Waals surface area contributed by atoms with Gasteiger partial charge in [0, 0.05) is 0 Å². The van der Waals surface area contributed by atoms with Gasteiger partial charge in [0.05, 0.1) is 0 Å². The molecule has 0 N–H and O–H groups in total. The molecule has 0 heteroatoms. The average Bonchev–Trinajstić information content (AvgIpc) is 2.08. The van der Waals surface area contributed by atoms with Crippen molar-refractivity contribution in [2.75, 3.05) is 0 Å². The molecule has 0 spiro atoms. The van der Waals surface area contributed by atoms with Gasteiger partial charge >= 0.3 is 0 Å². The highest BCUT2D eigenvalue weighted by molar-refractivity contribution is 5.14. The van der Waals surface area contributed by atoms with E-state index < -0.39 is 0 Å². The molecule has 3 atom stereocenters. The number of rotatable bonds is 0. The van der Waals surface area contributed by atoms with E-state index in [2.05, 4.69) is 33.8 Å². The maximum Gasteiger partial charge on any atom is -0.0144 e. The first-order chi connectivity index (χ1) is 7.00. The molecule has 1 fully saturated rings. The van der Waals surface area contributed by atoms with Crippen LogP contribution in [0, 0.1) is 23.2 Å². The van der Waals surface area contributed by atoms with Crippen LogP contribution >= 0.6 is 0 Å². The van der Waals surface area contributed by atoms with E-state index in [1.807, 2.05) is 0 Å². The Bertz CT molecular complexity index is 259. The van der Waals surface area contributed by atoms with Gasteiger partial charge in [-0.05, 0) is 55.8 Å². The minimum Gasteiger partial charge on any atom is -0.0794 e. The van der Waals surface area contributed by atoms with Crippen LogP contribution in [0.3, 0.4) is 0 Å². The highest BCUT2D eigenvalue weighted by atomic mass is 14.4. The Morgan fingerprint density at radius 1 is 1.13 bits per heavy atom. The van der Waals surface area contributed by atoms with Gasteiger partial charge in [0.2, 0.25) is 0 Å². The summed E-state index contributed by atoms with van der Waals surface area (Å²) in [6.07, 6.45) is 9.85. The molecular formula is C15H26. The summed E-state index contributed by atoms with van der Waals surface area (Å²) < 4.78 is 0. The van der Waals surface area contributed by atoms with Crippen molar-refractivity contribution in [3.8, 4) is 0 Å². The van der Waals surface area contributed by atoms with E-state index in [4.69, 9.17) is 0 Å². The Hall–Kier alpha value is -0.260. The SMILES string of the molecule is C/C1=C/C(C)(C)[C@H]2CCC[C@@H]1[C@H](C)CC2. The van der Waals surface area contributed by atoms with Gasteiger partial charge in [0.15, 0.2) is 0 Å². The van der Waals surface area contributed by atoms with Crippen molar-refractivity contribution in [1.82, 2.24) is 0 Å². The molecule has 1 saturated carbocycles. The lowest BCUT2D eigenvalue weighted by molar-refractivity contribution is 0.171. The molecule has 0 aromatic carbocycles. The van der Waals surface area contributed by atoms with Gasteiger partial charge in [-0.25, -0.2) is 0 Å². The van der Waals surface area contributed by atoms with Crippen LogP contribution in [0.1, 0.15) is 59.8 Å². The summed E-state index contributed by atoms with van der Waals surface area (Å²) in [6.45, 7) is 9.72. The molecule has 0 heterocycles. The Morgan fingerprint density at radius 2 is 1.87 bits per heavy atom. The van der Waals surface area contributed by atoms with Gasteiger partial charge in [0.25, 0.3) is 0 Å². The van der Waals surface area contributed by atoms with Crippen molar-refractivity contribution in [1.29, 1.82) is 0 Å². The number of allylic oxidation sites excluding steroid dienone is 2. The largest absolute Gasteiger partial charge is 0.0794 e. The second-order valence-electron chi connectivity index (χ2n) is 6.50. The monoisotopic (exact) mass is 206 g/mol. The lowest BCUT2D eigenvalue weighted by Gasteiger charge is -2.41. The lowest BCUT2D eigenvalue weighted by atomic mass is 9.64. The van der Waals surface area contributed by atoms with Gasteiger partial charge in [-0.2, -0.15) is 0 Å². The van der Waals surface area contributed by atoms with Crippen LogP contribution < -0.4 is 0 Å².